The van der Waals surface area contributed by atoms with E-state index >= 15 is 0 Å². The maximum Gasteiger partial charge on any atom is 0.433 e. The summed E-state index contributed by atoms with van der Waals surface area (Å²) in [5.74, 6) is -0.470. The van der Waals surface area contributed by atoms with E-state index in [4.69, 9.17) is 0 Å². The maximum atomic E-state index is 13.5. The summed E-state index contributed by atoms with van der Waals surface area (Å²) in [7, 11) is 0. The molecule has 2 nitrogen and oxygen atoms in total. The topological polar surface area (TPSA) is 25.8 Å². The normalized spacial score (nSPS) is 11.9. The van der Waals surface area contributed by atoms with Crippen molar-refractivity contribution in [2.45, 2.75) is 25.9 Å². The average Bonchev–Trinajstić information content (AvgIpc) is 2.38. The third-order valence-electron chi connectivity index (χ3n) is 2.86. The smallest absolute Gasteiger partial charge is 0.253 e. The van der Waals surface area contributed by atoms with Crippen LogP contribution in [0.3, 0.4) is 0 Å². The van der Waals surface area contributed by atoms with E-state index in [-0.39, 0.29) is 5.92 Å². The molecule has 2 aromatic rings. The molecule has 106 valence electrons. The predicted octanol–water partition coefficient (Wildman–Crippen LogP) is 4.42. The van der Waals surface area contributed by atoms with E-state index in [1.807, 2.05) is 13.8 Å². The molecule has 2 aromatic heterocycles. The third-order valence-corrected chi connectivity index (χ3v) is 2.86. The van der Waals surface area contributed by atoms with Gasteiger partial charge in [0, 0.05) is 11.8 Å². The van der Waals surface area contributed by atoms with Gasteiger partial charge in [0.25, 0.3) is 0 Å². The molecule has 0 N–H and O–H groups in total. The van der Waals surface area contributed by atoms with Crippen LogP contribution >= 0.6 is 0 Å². The summed E-state index contributed by atoms with van der Waals surface area (Å²) < 4.78 is 50.8. The Morgan fingerprint density at radius 2 is 1.75 bits per heavy atom. The van der Waals surface area contributed by atoms with Gasteiger partial charge in [-0.3, -0.25) is 9.97 Å². The Hall–Kier alpha value is -1.98. The summed E-state index contributed by atoms with van der Waals surface area (Å²) in [6.45, 7) is 3.65. The van der Waals surface area contributed by atoms with Crippen LogP contribution in [-0.2, 0) is 6.18 Å². The van der Waals surface area contributed by atoms with Crippen LogP contribution in [0.2, 0.25) is 0 Å². The zero-order valence-corrected chi connectivity index (χ0v) is 10.9. The summed E-state index contributed by atoms with van der Waals surface area (Å²) in [5.41, 5.74) is 0.318. The van der Waals surface area contributed by atoms with Crippen LogP contribution in [0, 0.1) is 5.82 Å². The summed E-state index contributed by atoms with van der Waals surface area (Å²) >= 11 is 0. The minimum absolute atomic E-state index is 0.0424. The molecule has 0 aliphatic heterocycles. The molecule has 2 rings (SSSR count). The van der Waals surface area contributed by atoms with Gasteiger partial charge in [0.15, 0.2) is 0 Å². The SMILES string of the molecule is CC(C)c1cc(-c2ccc(C(F)(F)F)nc2)ncc1F. The highest BCUT2D eigenvalue weighted by Gasteiger charge is 2.32. The number of halogens is 4. The molecule has 0 bridgehead atoms. The van der Waals surface area contributed by atoms with Gasteiger partial charge in [0.2, 0.25) is 0 Å². The summed E-state index contributed by atoms with van der Waals surface area (Å²) in [4.78, 5) is 7.25. The molecular weight excluding hydrogens is 272 g/mol. The van der Waals surface area contributed by atoms with Gasteiger partial charge < -0.3 is 0 Å². The number of hydrogen-bond acceptors (Lipinski definition) is 2. The minimum Gasteiger partial charge on any atom is -0.253 e. The fraction of sp³-hybridized carbons (Fsp3) is 0.286. The van der Waals surface area contributed by atoms with Gasteiger partial charge in [0.05, 0.1) is 11.9 Å². The molecule has 20 heavy (non-hydrogen) atoms. The summed E-state index contributed by atoms with van der Waals surface area (Å²) in [6.07, 6.45) is -2.31. The summed E-state index contributed by atoms with van der Waals surface area (Å²) in [6, 6.07) is 3.69. The zero-order valence-electron chi connectivity index (χ0n) is 10.9. The molecule has 6 heteroatoms. The van der Waals surface area contributed by atoms with Gasteiger partial charge in [-0.15, -0.1) is 0 Å². The molecule has 0 amide bonds. The molecule has 0 spiro atoms. The van der Waals surface area contributed by atoms with Crippen LogP contribution in [-0.4, -0.2) is 9.97 Å². The number of aromatic nitrogens is 2. The van der Waals surface area contributed by atoms with Gasteiger partial charge in [-0.25, -0.2) is 4.39 Å². The van der Waals surface area contributed by atoms with Crippen LogP contribution in [0.5, 0.6) is 0 Å². The number of nitrogens with zero attached hydrogens (tertiary/aromatic N) is 2. The second-order valence-electron chi connectivity index (χ2n) is 4.68. The lowest BCUT2D eigenvalue weighted by atomic mass is 10.0. The van der Waals surface area contributed by atoms with E-state index in [1.54, 1.807) is 0 Å². The van der Waals surface area contributed by atoms with E-state index in [1.165, 1.54) is 12.1 Å². The number of alkyl halides is 3. The largest absolute Gasteiger partial charge is 0.433 e. The van der Waals surface area contributed by atoms with Crippen molar-refractivity contribution in [1.82, 2.24) is 9.97 Å². The maximum absolute atomic E-state index is 13.5. The van der Waals surface area contributed by atoms with Crippen molar-refractivity contribution < 1.29 is 17.6 Å². The zero-order chi connectivity index (χ0) is 14.9. The van der Waals surface area contributed by atoms with E-state index in [9.17, 15) is 17.6 Å². The van der Waals surface area contributed by atoms with Gasteiger partial charge in [-0.2, -0.15) is 13.2 Å². The fourth-order valence-electron chi connectivity index (χ4n) is 1.77. The molecule has 0 aliphatic carbocycles. The second kappa shape index (κ2) is 5.19. The van der Waals surface area contributed by atoms with Crippen molar-refractivity contribution >= 4 is 0 Å². The molecule has 0 aromatic carbocycles. The van der Waals surface area contributed by atoms with Gasteiger partial charge >= 0.3 is 6.18 Å². The minimum atomic E-state index is -4.47. The molecule has 0 unspecified atom stereocenters. The average molecular weight is 284 g/mol. The first-order chi connectivity index (χ1) is 9.29. The molecule has 0 aliphatic rings. The molecule has 2 heterocycles. The van der Waals surface area contributed by atoms with Crippen molar-refractivity contribution in [3.8, 4) is 11.3 Å². The van der Waals surface area contributed by atoms with E-state index in [2.05, 4.69) is 9.97 Å². The Morgan fingerprint density at radius 1 is 1.05 bits per heavy atom. The Labute approximate surface area is 113 Å². The lowest BCUT2D eigenvalue weighted by molar-refractivity contribution is -0.141. The van der Waals surface area contributed by atoms with E-state index in [0.29, 0.717) is 16.8 Å². The van der Waals surface area contributed by atoms with Crippen LogP contribution in [0.1, 0.15) is 31.0 Å². The molecule has 0 saturated carbocycles. The van der Waals surface area contributed by atoms with Crippen LogP contribution < -0.4 is 0 Å². The molecular formula is C14H12F4N2. The van der Waals surface area contributed by atoms with Crippen molar-refractivity contribution in [1.29, 1.82) is 0 Å². The molecule has 0 atom stereocenters. The lowest BCUT2D eigenvalue weighted by Gasteiger charge is -2.10. The Bertz CT molecular complexity index is 604. The molecule has 0 saturated heterocycles. The Kier molecular flexibility index (Phi) is 3.74. The van der Waals surface area contributed by atoms with E-state index in [0.717, 1.165) is 18.5 Å². The van der Waals surface area contributed by atoms with Crippen molar-refractivity contribution in [2.75, 3.05) is 0 Å². The predicted molar refractivity (Wildman–Crippen MR) is 66.5 cm³/mol. The number of hydrogen-bond donors (Lipinski definition) is 0. The molecule has 0 radical (unpaired) electrons. The van der Waals surface area contributed by atoms with Crippen molar-refractivity contribution in [3.63, 3.8) is 0 Å². The van der Waals surface area contributed by atoms with Crippen LogP contribution in [0.4, 0.5) is 17.6 Å². The highest BCUT2D eigenvalue weighted by atomic mass is 19.4. The second-order valence-corrected chi connectivity index (χ2v) is 4.68. The first-order valence-corrected chi connectivity index (χ1v) is 5.98. The van der Waals surface area contributed by atoms with Crippen LogP contribution in [0.25, 0.3) is 11.3 Å². The number of rotatable bonds is 2. The van der Waals surface area contributed by atoms with Crippen molar-refractivity contribution in [3.05, 3.63) is 47.7 Å². The monoisotopic (exact) mass is 284 g/mol. The first-order valence-electron chi connectivity index (χ1n) is 5.98. The van der Waals surface area contributed by atoms with E-state index < -0.39 is 17.7 Å². The standard InChI is InChI=1S/C14H12F4N2/c1-8(2)10-5-12(19-7-11(10)15)9-3-4-13(20-6-9)14(16,17)18/h3-8H,1-2H3. The Morgan fingerprint density at radius 3 is 2.25 bits per heavy atom. The highest BCUT2D eigenvalue weighted by Crippen LogP contribution is 2.29. The van der Waals surface area contributed by atoms with Gasteiger partial charge in [-0.1, -0.05) is 13.8 Å². The van der Waals surface area contributed by atoms with Gasteiger partial charge in [-0.05, 0) is 29.7 Å². The molecule has 0 fully saturated rings. The fourth-order valence-corrected chi connectivity index (χ4v) is 1.77. The highest BCUT2D eigenvalue weighted by molar-refractivity contribution is 5.59. The quantitative estimate of drug-likeness (QED) is 0.763. The number of pyridine rings is 2. The van der Waals surface area contributed by atoms with Crippen LogP contribution in [0.15, 0.2) is 30.6 Å². The summed E-state index contributed by atoms with van der Waals surface area (Å²) in [5, 5.41) is 0. The third kappa shape index (κ3) is 2.95. The Balaban J connectivity index is 2.40. The lowest BCUT2D eigenvalue weighted by Crippen LogP contribution is -2.07. The first kappa shape index (κ1) is 14.4. The van der Waals surface area contributed by atoms with Gasteiger partial charge in [0.1, 0.15) is 11.5 Å². The van der Waals surface area contributed by atoms with Crippen molar-refractivity contribution in [2.24, 2.45) is 0 Å².